The van der Waals surface area contributed by atoms with E-state index in [1.54, 1.807) is 4.90 Å². The molecule has 1 atom stereocenters. The Balaban J connectivity index is 1.88. The molecular formula is C13H20N4O3. The number of aliphatic carboxylic acids is 1. The van der Waals surface area contributed by atoms with Crippen LogP contribution in [0.1, 0.15) is 49.1 Å². The van der Waals surface area contributed by atoms with Crippen LogP contribution in [0, 0.1) is 5.92 Å². The molecule has 1 aromatic rings. The minimum absolute atomic E-state index is 0.161. The Labute approximate surface area is 117 Å². The second kappa shape index (κ2) is 6.49. The molecule has 1 saturated heterocycles. The van der Waals surface area contributed by atoms with Crippen molar-refractivity contribution in [3.63, 3.8) is 0 Å². The van der Waals surface area contributed by atoms with E-state index in [9.17, 15) is 9.59 Å². The first-order chi connectivity index (χ1) is 9.60. The highest BCUT2D eigenvalue weighted by molar-refractivity contribution is 5.90. The number of carbonyl (C=O) groups excluding carboxylic acids is 1. The van der Waals surface area contributed by atoms with E-state index >= 15 is 0 Å². The van der Waals surface area contributed by atoms with Crippen LogP contribution in [0.5, 0.6) is 0 Å². The average Bonchev–Trinajstić information content (AvgIpc) is 3.05. The van der Waals surface area contributed by atoms with Crippen LogP contribution in [0.3, 0.4) is 0 Å². The van der Waals surface area contributed by atoms with Gasteiger partial charge >= 0.3 is 5.97 Å². The highest BCUT2D eigenvalue weighted by atomic mass is 16.4. The molecule has 2 rings (SSSR count). The Morgan fingerprint density at radius 1 is 1.50 bits per heavy atom. The van der Waals surface area contributed by atoms with E-state index in [-0.39, 0.29) is 24.1 Å². The van der Waals surface area contributed by atoms with Gasteiger partial charge < -0.3 is 10.0 Å². The van der Waals surface area contributed by atoms with Crippen LogP contribution in [0.15, 0.2) is 0 Å². The lowest BCUT2D eigenvalue weighted by Crippen LogP contribution is -2.29. The summed E-state index contributed by atoms with van der Waals surface area (Å²) in [4.78, 5) is 28.7. The SMILES string of the molecule is CCCc1nc(C(=O)N2CCC(CCC(=O)O)C2)n[nH]1. The first-order valence-electron chi connectivity index (χ1n) is 7.02. The predicted molar refractivity (Wildman–Crippen MR) is 71.3 cm³/mol. The Hall–Kier alpha value is -1.92. The summed E-state index contributed by atoms with van der Waals surface area (Å²) in [5.74, 6) is 0.267. The lowest BCUT2D eigenvalue weighted by Gasteiger charge is -2.14. The molecule has 1 aliphatic heterocycles. The van der Waals surface area contributed by atoms with Crippen LogP contribution >= 0.6 is 0 Å². The molecule has 20 heavy (non-hydrogen) atoms. The molecule has 7 nitrogen and oxygen atoms in total. The van der Waals surface area contributed by atoms with Crippen molar-refractivity contribution < 1.29 is 14.7 Å². The molecule has 0 spiro atoms. The van der Waals surface area contributed by atoms with Crippen LogP contribution in [-0.2, 0) is 11.2 Å². The molecule has 1 fully saturated rings. The first-order valence-corrected chi connectivity index (χ1v) is 7.02. The van der Waals surface area contributed by atoms with Gasteiger partial charge in [-0.25, -0.2) is 4.98 Å². The number of carboxylic acids is 1. The van der Waals surface area contributed by atoms with Gasteiger partial charge in [0.05, 0.1) is 0 Å². The van der Waals surface area contributed by atoms with Crippen molar-refractivity contribution in [1.82, 2.24) is 20.1 Å². The fourth-order valence-corrected chi connectivity index (χ4v) is 2.46. The van der Waals surface area contributed by atoms with Crippen molar-refractivity contribution in [2.75, 3.05) is 13.1 Å². The van der Waals surface area contributed by atoms with E-state index < -0.39 is 5.97 Å². The first kappa shape index (κ1) is 14.5. The molecule has 7 heteroatoms. The third-order valence-electron chi connectivity index (χ3n) is 3.55. The summed E-state index contributed by atoms with van der Waals surface area (Å²) in [5.41, 5.74) is 0. The van der Waals surface area contributed by atoms with Crippen molar-refractivity contribution in [2.24, 2.45) is 5.92 Å². The number of amides is 1. The molecule has 110 valence electrons. The number of aromatic amines is 1. The average molecular weight is 280 g/mol. The minimum Gasteiger partial charge on any atom is -0.481 e. The van der Waals surface area contributed by atoms with Crippen molar-refractivity contribution in [1.29, 1.82) is 0 Å². The summed E-state index contributed by atoms with van der Waals surface area (Å²) in [6.45, 7) is 3.29. The fourth-order valence-electron chi connectivity index (χ4n) is 2.46. The van der Waals surface area contributed by atoms with Gasteiger partial charge in [0.2, 0.25) is 5.82 Å². The van der Waals surface area contributed by atoms with Crippen molar-refractivity contribution in [3.05, 3.63) is 11.6 Å². The summed E-state index contributed by atoms with van der Waals surface area (Å²) in [6.07, 6.45) is 3.36. The molecule has 0 aromatic carbocycles. The second-order valence-corrected chi connectivity index (χ2v) is 5.19. The van der Waals surface area contributed by atoms with E-state index in [1.807, 2.05) is 6.92 Å². The molecule has 0 radical (unpaired) electrons. The number of likely N-dealkylation sites (tertiary alicyclic amines) is 1. The molecule has 1 unspecified atom stereocenters. The summed E-state index contributed by atoms with van der Waals surface area (Å²) < 4.78 is 0. The van der Waals surface area contributed by atoms with Gasteiger partial charge in [0.25, 0.3) is 5.91 Å². The number of aromatic nitrogens is 3. The van der Waals surface area contributed by atoms with Crippen molar-refractivity contribution in [2.45, 2.75) is 39.0 Å². The van der Waals surface area contributed by atoms with Crippen LogP contribution in [0.25, 0.3) is 0 Å². The number of hydrogen-bond donors (Lipinski definition) is 2. The standard InChI is InChI=1S/C13H20N4O3/c1-2-3-10-14-12(16-15-10)13(20)17-7-6-9(8-17)4-5-11(18)19/h9H,2-8H2,1H3,(H,18,19)(H,14,15,16). The molecule has 1 amide bonds. The fraction of sp³-hybridized carbons (Fsp3) is 0.692. The number of carbonyl (C=O) groups is 2. The summed E-state index contributed by atoms with van der Waals surface area (Å²) in [6, 6.07) is 0. The topological polar surface area (TPSA) is 99.2 Å². The van der Waals surface area contributed by atoms with E-state index in [0.29, 0.717) is 19.5 Å². The highest BCUT2D eigenvalue weighted by Crippen LogP contribution is 2.22. The van der Waals surface area contributed by atoms with Gasteiger partial charge in [-0.05, 0) is 25.2 Å². The van der Waals surface area contributed by atoms with Gasteiger partial charge in [0, 0.05) is 25.9 Å². The molecule has 0 bridgehead atoms. The Morgan fingerprint density at radius 2 is 2.30 bits per heavy atom. The Bertz CT molecular complexity index is 486. The maximum Gasteiger partial charge on any atom is 0.303 e. The van der Waals surface area contributed by atoms with Gasteiger partial charge in [0.15, 0.2) is 0 Å². The van der Waals surface area contributed by atoms with Crippen LogP contribution < -0.4 is 0 Å². The summed E-state index contributed by atoms with van der Waals surface area (Å²) in [5, 5.41) is 15.4. The molecular weight excluding hydrogens is 260 g/mol. The van der Waals surface area contributed by atoms with Gasteiger partial charge in [-0.2, -0.15) is 0 Å². The molecule has 1 aromatic heterocycles. The Kier molecular flexibility index (Phi) is 4.70. The van der Waals surface area contributed by atoms with Gasteiger partial charge in [-0.15, -0.1) is 5.10 Å². The lowest BCUT2D eigenvalue weighted by molar-refractivity contribution is -0.137. The number of nitrogens with zero attached hydrogens (tertiary/aromatic N) is 3. The zero-order valence-corrected chi connectivity index (χ0v) is 11.6. The molecule has 2 N–H and O–H groups in total. The summed E-state index contributed by atoms with van der Waals surface area (Å²) in [7, 11) is 0. The smallest absolute Gasteiger partial charge is 0.303 e. The van der Waals surface area contributed by atoms with Crippen LogP contribution in [-0.4, -0.2) is 50.2 Å². The molecule has 0 saturated carbocycles. The number of hydrogen-bond acceptors (Lipinski definition) is 4. The van der Waals surface area contributed by atoms with Gasteiger partial charge in [0.1, 0.15) is 5.82 Å². The number of carboxylic acid groups (broad SMARTS) is 1. The van der Waals surface area contributed by atoms with E-state index in [1.165, 1.54) is 0 Å². The zero-order valence-electron chi connectivity index (χ0n) is 11.6. The van der Waals surface area contributed by atoms with E-state index in [0.717, 1.165) is 25.1 Å². The monoisotopic (exact) mass is 280 g/mol. The highest BCUT2D eigenvalue weighted by Gasteiger charge is 2.29. The molecule has 0 aliphatic carbocycles. The Morgan fingerprint density at radius 3 is 3.00 bits per heavy atom. The number of aryl methyl sites for hydroxylation is 1. The molecule has 1 aliphatic rings. The second-order valence-electron chi connectivity index (χ2n) is 5.19. The van der Waals surface area contributed by atoms with Crippen molar-refractivity contribution >= 4 is 11.9 Å². The van der Waals surface area contributed by atoms with Crippen LogP contribution in [0.2, 0.25) is 0 Å². The van der Waals surface area contributed by atoms with Crippen LogP contribution in [0.4, 0.5) is 0 Å². The largest absolute Gasteiger partial charge is 0.481 e. The maximum absolute atomic E-state index is 12.2. The normalized spacial score (nSPS) is 18.4. The zero-order chi connectivity index (χ0) is 14.5. The van der Waals surface area contributed by atoms with E-state index in [4.69, 9.17) is 5.11 Å². The number of nitrogens with one attached hydrogen (secondary N) is 1. The molecule has 2 heterocycles. The maximum atomic E-state index is 12.2. The predicted octanol–water partition coefficient (Wildman–Crippen LogP) is 1.08. The summed E-state index contributed by atoms with van der Waals surface area (Å²) >= 11 is 0. The third kappa shape index (κ3) is 3.55. The van der Waals surface area contributed by atoms with Gasteiger partial charge in [-0.3, -0.25) is 14.7 Å². The van der Waals surface area contributed by atoms with E-state index in [2.05, 4.69) is 15.2 Å². The quantitative estimate of drug-likeness (QED) is 0.812. The number of H-pyrrole nitrogens is 1. The number of rotatable bonds is 6. The minimum atomic E-state index is -0.784. The third-order valence-corrected chi connectivity index (χ3v) is 3.55. The van der Waals surface area contributed by atoms with Crippen molar-refractivity contribution in [3.8, 4) is 0 Å². The lowest BCUT2D eigenvalue weighted by atomic mass is 10.0. The van der Waals surface area contributed by atoms with Gasteiger partial charge in [-0.1, -0.05) is 6.92 Å².